The number of para-hydroxylation sites is 1. The second kappa shape index (κ2) is 14.4. The molecule has 224 valence electrons. The zero-order valence-corrected chi connectivity index (χ0v) is 24.3. The van der Waals surface area contributed by atoms with Crippen LogP contribution in [0.3, 0.4) is 0 Å². The predicted octanol–water partition coefficient (Wildman–Crippen LogP) is 3.67. The number of anilines is 1. The number of benzene rings is 3. The van der Waals surface area contributed by atoms with Crippen LogP contribution in [0.2, 0.25) is 0 Å². The molecule has 3 aromatic rings. The molecule has 0 saturated heterocycles. The number of aromatic hydroxyl groups is 1. The van der Waals surface area contributed by atoms with E-state index in [0.717, 1.165) is 9.21 Å². The highest BCUT2D eigenvalue weighted by molar-refractivity contribution is 7.92. The van der Waals surface area contributed by atoms with E-state index in [9.17, 15) is 33.0 Å². The third-order valence-electron chi connectivity index (χ3n) is 6.58. The number of carboxylic acid groups (broad SMARTS) is 1. The van der Waals surface area contributed by atoms with Crippen LogP contribution in [-0.4, -0.2) is 54.0 Å². The summed E-state index contributed by atoms with van der Waals surface area (Å²) in [6.07, 6.45) is -1.46. The number of amides is 3. The molecule has 0 spiro atoms. The van der Waals surface area contributed by atoms with Gasteiger partial charge in [-0.2, -0.15) is 0 Å². The SMILES string of the molecule is CC(C)CCN(c1cccc(CNC(=O)[C@H](CC(N)=O)N(Cc2ccccc2)C(=O)O)c1O)S(=O)(=O)c1ccccc1. The molecular formula is C30H36N4O7S. The second-order valence-corrected chi connectivity index (χ2v) is 12.0. The summed E-state index contributed by atoms with van der Waals surface area (Å²) in [4.78, 5) is 38.0. The Morgan fingerprint density at radius 3 is 2.12 bits per heavy atom. The van der Waals surface area contributed by atoms with Crippen molar-refractivity contribution in [3.05, 3.63) is 90.0 Å². The molecule has 0 radical (unpaired) electrons. The van der Waals surface area contributed by atoms with Crippen molar-refractivity contribution in [2.24, 2.45) is 11.7 Å². The van der Waals surface area contributed by atoms with Crippen molar-refractivity contribution in [3.8, 4) is 5.75 Å². The highest BCUT2D eigenvalue weighted by Crippen LogP contribution is 2.35. The molecule has 11 nitrogen and oxygen atoms in total. The minimum Gasteiger partial charge on any atom is -0.505 e. The van der Waals surface area contributed by atoms with Gasteiger partial charge < -0.3 is 21.3 Å². The number of hydrogen-bond acceptors (Lipinski definition) is 6. The van der Waals surface area contributed by atoms with E-state index in [-0.39, 0.29) is 47.4 Å². The lowest BCUT2D eigenvalue weighted by Crippen LogP contribution is -2.50. The maximum Gasteiger partial charge on any atom is 0.408 e. The molecule has 0 heterocycles. The Morgan fingerprint density at radius 1 is 0.929 bits per heavy atom. The fraction of sp³-hybridized carbons (Fsp3) is 0.300. The van der Waals surface area contributed by atoms with E-state index in [4.69, 9.17) is 5.73 Å². The van der Waals surface area contributed by atoms with Crippen LogP contribution in [0.1, 0.15) is 37.8 Å². The van der Waals surface area contributed by atoms with Crippen LogP contribution in [0.5, 0.6) is 5.75 Å². The average molecular weight is 597 g/mol. The molecule has 0 unspecified atom stereocenters. The van der Waals surface area contributed by atoms with E-state index in [1.165, 1.54) is 24.3 Å². The lowest BCUT2D eigenvalue weighted by Gasteiger charge is -2.28. The number of phenolic OH excluding ortho intramolecular Hbond substituents is 1. The summed E-state index contributed by atoms with van der Waals surface area (Å²) in [5.41, 5.74) is 6.18. The first-order valence-corrected chi connectivity index (χ1v) is 14.8. The summed E-state index contributed by atoms with van der Waals surface area (Å²) in [6, 6.07) is 19.6. The maximum atomic E-state index is 13.6. The molecule has 0 fully saturated rings. The van der Waals surface area contributed by atoms with Crippen LogP contribution in [0, 0.1) is 5.92 Å². The van der Waals surface area contributed by atoms with Crippen molar-refractivity contribution < 1.29 is 33.0 Å². The number of sulfonamides is 1. The summed E-state index contributed by atoms with van der Waals surface area (Å²) in [6.45, 7) is 3.59. The molecule has 0 aromatic heterocycles. The van der Waals surface area contributed by atoms with E-state index < -0.39 is 40.4 Å². The van der Waals surface area contributed by atoms with Crippen molar-refractivity contribution in [1.29, 1.82) is 0 Å². The number of hydrogen-bond donors (Lipinski definition) is 4. The lowest BCUT2D eigenvalue weighted by molar-refractivity contribution is -0.130. The van der Waals surface area contributed by atoms with Crippen LogP contribution in [0.25, 0.3) is 0 Å². The highest BCUT2D eigenvalue weighted by Gasteiger charge is 2.32. The normalized spacial score (nSPS) is 12.0. The number of primary amides is 1. The maximum absolute atomic E-state index is 13.6. The minimum absolute atomic E-state index is 0.0381. The Kier molecular flexibility index (Phi) is 10.9. The quantitative estimate of drug-likeness (QED) is 0.220. The molecule has 0 aliphatic carbocycles. The van der Waals surface area contributed by atoms with Gasteiger partial charge in [0.25, 0.3) is 10.0 Å². The predicted molar refractivity (Wildman–Crippen MR) is 158 cm³/mol. The van der Waals surface area contributed by atoms with Gasteiger partial charge in [0.1, 0.15) is 11.8 Å². The topological polar surface area (TPSA) is 170 Å². The Labute approximate surface area is 245 Å². The van der Waals surface area contributed by atoms with Gasteiger partial charge in [0.05, 0.1) is 17.0 Å². The van der Waals surface area contributed by atoms with E-state index in [1.807, 2.05) is 13.8 Å². The monoisotopic (exact) mass is 596 g/mol. The van der Waals surface area contributed by atoms with Gasteiger partial charge in [-0.3, -0.25) is 18.8 Å². The molecule has 0 bridgehead atoms. The third kappa shape index (κ3) is 8.23. The molecule has 0 aliphatic rings. The number of nitrogens with zero attached hydrogens (tertiary/aromatic N) is 2. The molecule has 5 N–H and O–H groups in total. The van der Waals surface area contributed by atoms with Crippen molar-refractivity contribution in [2.45, 2.75) is 50.7 Å². The van der Waals surface area contributed by atoms with Crippen LogP contribution in [0.15, 0.2) is 83.8 Å². The van der Waals surface area contributed by atoms with Gasteiger partial charge in [-0.25, -0.2) is 13.2 Å². The Hall–Kier alpha value is -4.58. The van der Waals surface area contributed by atoms with E-state index in [2.05, 4.69) is 5.32 Å². The first-order valence-electron chi connectivity index (χ1n) is 13.4. The molecule has 0 aliphatic heterocycles. The van der Waals surface area contributed by atoms with Crippen molar-refractivity contribution in [1.82, 2.24) is 10.2 Å². The second-order valence-electron chi connectivity index (χ2n) is 10.2. The molecule has 3 amide bonds. The first-order chi connectivity index (χ1) is 19.9. The summed E-state index contributed by atoms with van der Waals surface area (Å²) in [7, 11) is -4.04. The van der Waals surface area contributed by atoms with Crippen LogP contribution in [0.4, 0.5) is 10.5 Å². The largest absolute Gasteiger partial charge is 0.505 e. The van der Waals surface area contributed by atoms with Gasteiger partial charge in [0.2, 0.25) is 11.8 Å². The van der Waals surface area contributed by atoms with Gasteiger partial charge in [0, 0.05) is 25.2 Å². The Balaban J connectivity index is 1.89. The fourth-order valence-electron chi connectivity index (χ4n) is 4.31. The minimum atomic E-state index is -4.04. The van der Waals surface area contributed by atoms with Crippen molar-refractivity contribution in [2.75, 3.05) is 10.8 Å². The molecule has 12 heteroatoms. The van der Waals surface area contributed by atoms with Gasteiger partial charge in [-0.15, -0.1) is 0 Å². The summed E-state index contributed by atoms with van der Waals surface area (Å²) in [5, 5.41) is 23.6. The summed E-state index contributed by atoms with van der Waals surface area (Å²) >= 11 is 0. The molecule has 0 saturated carbocycles. The van der Waals surface area contributed by atoms with Crippen LogP contribution in [-0.2, 0) is 32.7 Å². The van der Waals surface area contributed by atoms with Gasteiger partial charge in [-0.1, -0.05) is 74.5 Å². The molecule has 42 heavy (non-hydrogen) atoms. The van der Waals surface area contributed by atoms with E-state index in [0.29, 0.717) is 12.0 Å². The highest BCUT2D eigenvalue weighted by atomic mass is 32.2. The number of rotatable bonds is 14. The molecule has 1 atom stereocenters. The number of carbonyl (C=O) groups is 3. The van der Waals surface area contributed by atoms with Gasteiger partial charge >= 0.3 is 6.09 Å². The molecular weight excluding hydrogens is 560 g/mol. The van der Waals surface area contributed by atoms with E-state index >= 15 is 0 Å². The first kappa shape index (κ1) is 31.9. The van der Waals surface area contributed by atoms with Crippen molar-refractivity contribution in [3.63, 3.8) is 0 Å². The Bertz CT molecular complexity index is 1480. The molecule has 3 aromatic carbocycles. The third-order valence-corrected chi connectivity index (χ3v) is 8.40. The average Bonchev–Trinajstić information content (AvgIpc) is 2.95. The van der Waals surface area contributed by atoms with Crippen LogP contribution >= 0.6 is 0 Å². The molecule has 3 rings (SSSR count). The van der Waals surface area contributed by atoms with Crippen molar-refractivity contribution >= 4 is 33.6 Å². The van der Waals surface area contributed by atoms with E-state index in [1.54, 1.807) is 54.6 Å². The fourth-order valence-corrected chi connectivity index (χ4v) is 5.82. The van der Waals surface area contributed by atoms with Gasteiger partial charge in [0.15, 0.2) is 0 Å². The number of nitrogens with two attached hydrogens (primary N) is 1. The van der Waals surface area contributed by atoms with Crippen LogP contribution < -0.4 is 15.4 Å². The number of carbonyl (C=O) groups excluding carboxylic acids is 2. The zero-order chi connectivity index (χ0) is 30.9. The lowest BCUT2D eigenvalue weighted by atomic mass is 10.1. The summed E-state index contributed by atoms with van der Waals surface area (Å²) in [5.74, 6) is -1.85. The zero-order valence-electron chi connectivity index (χ0n) is 23.5. The Morgan fingerprint density at radius 2 is 1.55 bits per heavy atom. The van der Waals surface area contributed by atoms with Gasteiger partial charge in [-0.05, 0) is 36.1 Å². The smallest absolute Gasteiger partial charge is 0.408 e. The number of phenols is 1. The standard InChI is InChI=1S/C30H36N4O7S/c1-21(2)16-17-34(42(40,41)24-13-7-4-8-14-24)25-15-9-12-23(28(25)36)19-32-29(37)26(18-27(31)35)33(30(38)39)20-22-10-5-3-6-11-22/h3-15,21,26,36H,16-20H2,1-2H3,(H2,31,35)(H,32,37)(H,38,39)/t26-/m0/s1. The summed E-state index contributed by atoms with van der Waals surface area (Å²) < 4.78 is 28.3. The number of nitrogens with one attached hydrogen (secondary N) is 1.